The van der Waals surface area contributed by atoms with Crippen LogP contribution in [0.1, 0.15) is 5.56 Å². The first-order valence-electron chi connectivity index (χ1n) is 8.10. The highest BCUT2D eigenvalue weighted by molar-refractivity contribution is 5.85. The zero-order chi connectivity index (χ0) is 19.1. The number of para-hydroxylation sites is 2. The van der Waals surface area contributed by atoms with Gasteiger partial charge in [-0.25, -0.2) is 5.43 Å². The summed E-state index contributed by atoms with van der Waals surface area (Å²) in [6.45, 7) is 0. The maximum Gasteiger partial charge on any atom is 0.250 e. The molecule has 0 amide bonds. The number of phenolic OH excluding ortho intramolecular Hbond substituents is 1. The Morgan fingerprint density at radius 2 is 1.70 bits per heavy atom. The van der Waals surface area contributed by atoms with E-state index in [1.54, 1.807) is 25.2 Å². The standard InChI is InChI=1S/C18H19N7O2/c1-19-16-22-17(21-13-8-4-3-5-9-13)24-18(23-16)25-20-11-12-7-6-10-14(27-2)15(12)26/h3-11,26H,1-2H3,(H3,19,21,22,23,24,25)/b20-11+. The van der Waals surface area contributed by atoms with Crippen LogP contribution in [0.4, 0.5) is 23.5 Å². The molecule has 0 saturated carbocycles. The third-order valence-electron chi connectivity index (χ3n) is 3.51. The average molecular weight is 365 g/mol. The Balaban J connectivity index is 1.77. The molecule has 1 aromatic heterocycles. The lowest BCUT2D eigenvalue weighted by molar-refractivity contribution is 0.373. The quantitative estimate of drug-likeness (QED) is 0.373. The smallest absolute Gasteiger partial charge is 0.250 e. The second-order valence-corrected chi connectivity index (χ2v) is 5.32. The van der Waals surface area contributed by atoms with E-state index in [4.69, 9.17) is 4.74 Å². The van der Waals surface area contributed by atoms with Gasteiger partial charge in [-0.3, -0.25) is 0 Å². The minimum Gasteiger partial charge on any atom is -0.504 e. The fourth-order valence-corrected chi connectivity index (χ4v) is 2.21. The summed E-state index contributed by atoms with van der Waals surface area (Å²) in [5, 5.41) is 20.1. The number of hydrogen-bond donors (Lipinski definition) is 4. The topological polar surface area (TPSA) is 117 Å². The van der Waals surface area contributed by atoms with Crippen LogP contribution in [0.25, 0.3) is 0 Å². The van der Waals surface area contributed by atoms with Gasteiger partial charge in [0.05, 0.1) is 13.3 Å². The van der Waals surface area contributed by atoms with Crippen molar-refractivity contribution in [2.75, 3.05) is 30.2 Å². The first-order valence-corrected chi connectivity index (χ1v) is 8.10. The zero-order valence-corrected chi connectivity index (χ0v) is 14.8. The summed E-state index contributed by atoms with van der Waals surface area (Å²) in [5.41, 5.74) is 4.08. The van der Waals surface area contributed by atoms with Crippen molar-refractivity contribution in [3.63, 3.8) is 0 Å². The number of nitrogens with zero attached hydrogens (tertiary/aromatic N) is 4. The van der Waals surface area contributed by atoms with Crippen molar-refractivity contribution >= 4 is 29.7 Å². The van der Waals surface area contributed by atoms with Crippen LogP contribution in [-0.4, -0.2) is 40.4 Å². The summed E-state index contributed by atoms with van der Waals surface area (Å²) in [6, 6.07) is 14.7. The molecule has 0 radical (unpaired) electrons. The Labute approximate surface area is 156 Å². The third kappa shape index (κ3) is 4.60. The van der Waals surface area contributed by atoms with Crippen molar-refractivity contribution in [1.29, 1.82) is 0 Å². The molecule has 0 atom stereocenters. The van der Waals surface area contributed by atoms with Crippen molar-refractivity contribution in [3.05, 3.63) is 54.1 Å². The van der Waals surface area contributed by atoms with Crippen molar-refractivity contribution in [1.82, 2.24) is 15.0 Å². The highest BCUT2D eigenvalue weighted by Crippen LogP contribution is 2.28. The lowest BCUT2D eigenvalue weighted by atomic mass is 10.2. The van der Waals surface area contributed by atoms with Gasteiger partial charge in [0.1, 0.15) is 0 Å². The Kier molecular flexibility index (Phi) is 5.63. The third-order valence-corrected chi connectivity index (χ3v) is 3.51. The van der Waals surface area contributed by atoms with Crippen LogP contribution in [0.5, 0.6) is 11.5 Å². The number of benzene rings is 2. The minimum atomic E-state index is 0.00328. The van der Waals surface area contributed by atoms with Gasteiger partial charge in [-0.05, 0) is 24.3 Å². The number of aromatic hydroxyl groups is 1. The average Bonchev–Trinajstić information content (AvgIpc) is 2.70. The monoisotopic (exact) mass is 365 g/mol. The summed E-state index contributed by atoms with van der Waals surface area (Å²) in [4.78, 5) is 12.7. The number of hydrazone groups is 1. The van der Waals surface area contributed by atoms with Crippen LogP contribution in [0.15, 0.2) is 53.6 Å². The number of anilines is 4. The van der Waals surface area contributed by atoms with Crippen LogP contribution in [0.3, 0.4) is 0 Å². The van der Waals surface area contributed by atoms with Gasteiger partial charge in [0.15, 0.2) is 11.5 Å². The number of ether oxygens (including phenoxy) is 1. The molecule has 0 aliphatic heterocycles. The lowest BCUT2D eigenvalue weighted by Gasteiger charge is -2.08. The van der Waals surface area contributed by atoms with Crippen molar-refractivity contribution in [2.45, 2.75) is 0 Å². The Hall–Kier alpha value is -3.88. The molecule has 0 unspecified atom stereocenters. The van der Waals surface area contributed by atoms with Gasteiger partial charge >= 0.3 is 0 Å². The van der Waals surface area contributed by atoms with Crippen LogP contribution < -0.4 is 20.8 Å². The maximum absolute atomic E-state index is 10.1. The molecule has 9 heteroatoms. The largest absolute Gasteiger partial charge is 0.504 e. The van der Waals surface area contributed by atoms with Crippen LogP contribution in [0, 0.1) is 0 Å². The van der Waals surface area contributed by atoms with Gasteiger partial charge in [0.25, 0.3) is 0 Å². The summed E-state index contributed by atoms with van der Waals surface area (Å²) < 4.78 is 5.07. The fourth-order valence-electron chi connectivity index (χ4n) is 2.21. The van der Waals surface area contributed by atoms with E-state index in [1.165, 1.54) is 13.3 Å². The van der Waals surface area contributed by atoms with Crippen LogP contribution in [0.2, 0.25) is 0 Å². The van der Waals surface area contributed by atoms with E-state index in [-0.39, 0.29) is 11.7 Å². The normalized spacial score (nSPS) is 10.6. The molecule has 27 heavy (non-hydrogen) atoms. The highest BCUT2D eigenvalue weighted by Gasteiger charge is 2.07. The van der Waals surface area contributed by atoms with E-state index in [2.05, 4.69) is 36.1 Å². The molecule has 3 rings (SSSR count). The SMILES string of the molecule is CNc1nc(N/N=C/c2cccc(OC)c2O)nc(Nc2ccccc2)n1. The molecule has 4 N–H and O–H groups in total. The summed E-state index contributed by atoms with van der Waals surface area (Å²) in [7, 11) is 3.20. The van der Waals surface area contributed by atoms with Gasteiger partial charge in [0, 0.05) is 18.3 Å². The first-order chi connectivity index (χ1) is 13.2. The first kappa shape index (κ1) is 17.9. The van der Waals surface area contributed by atoms with Gasteiger partial charge in [-0.2, -0.15) is 20.1 Å². The number of methoxy groups -OCH3 is 1. The molecular weight excluding hydrogens is 346 g/mol. The van der Waals surface area contributed by atoms with Gasteiger partial charge < -0.3 is 20.5 Å². The predicted molar refractivity (Wildman–Crippen MR) is 105 cm³/mol. The van der Waals surface area contributed by atoms with Crippen LogP contribution >= 0.6 is 0 Å². The second-order valence-electron chi connectivity index (χ2n) is 5.32. The molecule has 0 spiro atoms. The molecule has 0 aliphatic carbocycles. The van der Waals surface area contributed by atoms with E-state index < -0.39 is 0 Å². The van der Waals surface area contributed by atoms with E-state index in [1.807, 2.05) is 30.3 Å². The summed E-state index contributed by atoms with van der Waals surface area (Å²) >= 11 is 0. The molecule has 0 fully saturated rings. The van der Waals surface area contributed by atoms with E-state index in [0.717, 1.165) is 5.69 Å². The number of aromatic nitrogens is 3. The summed E-state index contributed by atoms with van der Waals surface area (Å²) in [6.07, 6.45) is 1.45. The molecule has 1 heterocycles. The minimum absolute atomic E-state index is 0.00328. The maximum atomic E-state index is 10.1. The predicted octanol–water partition coefficient (Wildman–Crippen LogP) is 2.82. The van der Waals surface area contributed by atoms with E-state index in [0.29, 0.717) is 23.2 Å². The Bertz CT molecular complexity index is 932. The molecule has 0 saturated heterocycles. The second kappa shape index (κ2) is 8.48. The molecule has 0 aliphatic rings. The number of rotatable bonds is 7. The number of hydrogen-bond acceptors (Lipinski definition) is 9. The number of nitrogens with one attached hydrogen (secondary N) is 3. The summed E-state index contributed by atoms with van der Waals surface area (Å²) in [5.74, 6) is 1.36. The van der Waals surface area contributed by atoms with Gasteiger partial charge in [-0.1, -0.05) is 24.3 Å². The zero-order valence-electron chi connectivity index (χ0n) is 14.8. The Morgan fingerprint density at radius 1 is 0.963 bits per heavy atom. The van der Waals surface area contributed by atoms with Crippen molar-refractivity contribution in [3.8, 4) is 11.5 Å². The molecule has 3 aromatic rings. The highest BCUT2D eigenvalue weighted by atomic mass is 16.5. The van der Waals surface area contributed by atoms with E-state index >= 15 is 0 Å². The number of phenols is 1. The molecule has 9 nitrogen and oxygen atoms in total. The molecule has 0 bridgehead atoms. The van der Waals surface area contributed by atoms with Gasteiger partial charge in [-0.15, -0.1) is 0 Å². The van der Waals surface area contributed by atoms with Gasteiger partial charge in [0.2, 0.25) is 17.8 Å². The molecular formula is C18H19N7O2. The fraction of sp³-hybridized carbons (Fsp3) is 0.111. The van der Waals surface area contributed by atoms with Crippen molar-refractivity contribution < 1.29 is 9.84 Å². The van der Waals surface area contributed by atoms with Crippen molar-refractivity contribution in [2.24, 2.45) is 5.10 Å². The molecule has 2 aromatic carbocycles. The Morgan fingerprint density at radius 3 is 2.44 bits per heavy atom. The lowest BCUT2D eigenvalue weighted by Crippen LogP contribution is -2.07. The molecule has 138 valence electrons. The van der Waals surface area contributed by atoms with E-state index in [9.17, 15) is 5.11 Å². The van der Waals surface area contributed by atoms with Crippen LogP contribution in [-0.2, 0) is 0 Å².